The molecule has 0 aromatic rings. The molecule has 102 valence electrons. The zero-order valence-electron chi connectivity index (χ0n) is 11.2. The highest BCUT2D eigenvalue weighted by Gasteiger charge is 2.23. The van der Waals surface area contributed by atoms with E-state index < -0.39 is 11.9 Å². The highest BCUT2D eigenvalue weighted by atomic mass is 16.4. The smallest absolute Gasteiger partial charge is 0.321 e. The molecule has 1 amide bonds. The summed E-state index contributed by atoms with van der Waals surface area (Å²) >= 11 is 0. The highest BCUT2D eigenvalue weighted by Crippen LogP contribution is 2.08. The van der Waals surface area contributed by atoms with Gasteiger partial charge in [0.15, 0.2) is 5.92 Å². The molecule has 0 radical (unpaired) electrons. The van der Waals surface area contributed by atoms with Gasteiger partial charge in [0, 0.05) is 13.1 Å². The zero-order valence-corrected chi connectivity index (χ0v) is 11.2. The molecule has 1 atom stereocenters. The third-order valence-electron chi connectivity index (χ3n) is 2.75. The van der Waals surface area contributed by atoms with Crippen LogP contribution >= 0.6 is 0 Å². The van der Waals surface area contributed by atoms with Crippen molar-refractivity contribution in [3.8, 4) is 6.07 Å². The number of nitrogens with zero attached hydrogens (tertiary/aromatic N) is 2. The van der Waals surface area contributed by atoms with Crippen molar-refractivity contribution in [2.75, 3.05) is 13.1 Å². The lowest BCUT2D eigenvalue weighted by Crippen LogP contribution is -2.35. The number of unbranched alkanes of at least 4 members (excludes halogenated alkanes) is 2. The minimum Gasteiger partial charge on any atom is -0.480 e. The Balaban J connectivity index is 4.43. The number of amides is 1. The molecule has 0 spiro atoms. The molecule has 0 saturated heterocycles. The SMILES string of the molecule is CCCCN(CCCC)C(=O)CC(C#N)C(=O)O. The number of carbonyl (C=O) groups is 2. The molecule has 0 fully saturated rings. The van der Waals surface area contributed by atoms with Gasteiger partial charge in [0.05, 0.1) is 12.5 Å². The second-order valence-electron chi connectivity index (χ2n) is 4.31. The maximum atomic E-state index is 11.9. The average molecular weight is 254 g/mol. The fraction of sp³-hybridized carbons (Fsp3) is 0.769. The summed E-state index contributed by atoms with van der Waals surface area (Å²) in [6.07, 6.45) is 3.55. The molecule has 0 heterocycles. The number of carboxylic acids is 1. The first-order valence-corrected chi connectivity index (χ1v) is 6.46. The van der Waals surface area contributed by atoms with E-state index in [4.69, 9.17) is 10.4 Å². The van der Waals surface area contributed by atoms with E-state index in [1.54, 1.807) is 11.0 Å². The van der Waals surface area contributed by atoms with Crippen molar-refractivity contribution in [2.45, 2.75) is 46.0 Å². The second kappa shape index (κ2) is 9.46. The lowest BCUT2D eigenvalue weighted by atomic mass is 10.1. The molecule has 0 aliphatic heterocycles. The van der Waals surface area contributed by atoms with Crippen LogP contribution in [-0.4, -0.2) is 35.0 Å². The normalized spacial score (nSPS) is 11.6. The summed E-state index contributed by atoms with van der Waals surface area (Å²) in [5, 5.41) is 17.4. The molecule has 0 aromatic heterocycles. The summed E-state index contributed by atoms with van der Waals surface area (Å²) in [5.41, 5.74) is 0. The standard InChI is InChI=1S/C13H22N2O3/c1-3-5-7-15(8-6-4-2)12(16)9-11(10-14)13(17)18/h11H,3-9H2,1-2H3,(H,17,18). The van der Waals surface area contributed by atoms with Crippen LogP contribution in [0.25, 0.3) is 0 Å². The predicted octanol–water partition coefficient (Wildman–Crippen LogP) is 2.03. The topological polar surface area (TPSA) is 81.4 Å². The van der Waals surface area contributed by atoms with Crippen LogP contribution in [0.2, 0.25) is 0 Å². The molecular formula is C13H22N2O3. The van der Waals surface area contributed by atoms with E-state index in [9.17, 15) is 9.59 Å². The van der Waals surface area contributed by atoms with E-state index in [0.29, 0.717) is 13.1 Å². The number of nitriles is 1. The first-order valence-electron chi connectivity index (χ1n) is 6.46. The van der Waals surface area contributed by atoms with Gasteiger partial charge in [-0.05, 0) is 12.8 Å². The number of aliphatic carboxylic acids is 1. The number of rotatable bonds is 9. The summed E-state index contributed by atoms with van der Waals surface area (Å²) in [6, 6.07) is 1.65. The van der Waals surface area contributed by atoms with Gasteiger partial charge in [-0.25, -0.2) is 0 Å². The molecule has 18 heavy (non-hydrogen) atoms. The van der Waals surface area contributed by atoms with Crippen LogP contribution in [0.3, 0.4) is 0 Å². The van der Waals surface area contributed by atoms with E-state index in [2.05, 4.69) is 0 Å². The van der Waals surface area contributed by atoms with Gasteiger partial charge in [0.2, 0.25) is 5.91 Å². The van der Waals surface area contributed by atoms with Gasteiger partial charge in [0.1, 0.15) is 0 Å². The number of hydrogen-bond acceptors (Lipinski definition) is 3. The van der Waals surface area contributed by atoms with Crippen LogP contribution < -0.4 is 0 Å². The van der Waals surface area contributed by atoms with E-state index in [1.807, 2.05) is 13.8 Å². The molecule has 5 nitrogen and oxygen atoms in total. The molecule has 0 saturated carbocycles. The fourth-order valence-corrected chi connectivity index (χ4v) is 1.55. The van der Waals surface area contributed by atoms with Crippen LogP contribution in [0.15, 0.2) is 0 Å². The van der Waals surface area contributed by atoms with E-state index in [1.165, 1.54) is 0 Å². The van der Waals surface area contributed by atoms with Crippen molar-refractivity contribution in [3.05, 3.63) is 0 Å². The molecule has 5 heteroatoms. The Bertz CT molecular complexity index is 302. The monoisotopic (exact) mass is 254 g/mol. The van der Waals surface area contributed by atoms with Crippen molar-refractivity contribution >= 4 is 11.9 Å². The van der Waals surface area contributed by atoms with Crippen molar-refractivity contribution in [1.29, 1.82) is 5.26 Å². The van der Waals surface area contributed by atoms with E-state index in [-0.39, 0.29) is 12.3 Å². The Morgan fingerprint density at radius 1 is 1.22 bits per heavy atom. The molecular weight excluding hydrogens is 232 g/mol. The first-order chi connectivity index (χ1) is 8.56. The predicted molar refractivity (Wildman–Crippen MR) is 67.8 cm³/mol. The van der Waals surface area contributed by atoms with Crippen LogP contribution in [0, 0.1) is 17.2 Å². The zero-order chi connectivity index (χ0) is 14.0. The van der Waals surface area contributed by atoms with Gasteiger partial charge in [-0.2, -0.15) is 5.26 Å². The Morgan fingerprint density at radius 3 is 2.06 bits per heavy atom. The van der Waals surface area contributed by atoms with Gasteiger partial charge in [-0.3, -0.25) is 9.59 Å². The Hall–Kier alpha value is -1.57. The molecule has 1 unspecified atom stereocenters. The quantitative estimate of drug-likeness (QED) is 0.682. The summed E-state index contributed by atoms with van der Waals surface area (Å²) < 4.78 is 0. The maximum Gasteiger partial charge on any atom is 0.321 e. The van der Waals surface area contributed by atoms with Crippen LogP contribution in [0.5, 0.6) is 0 Å². The van der Waals surface area contributed by atoms with Crippen LogP contribution in [0.4, 0.5) is 0 Å². The summed E-state index contributed by atoms with van der Waals surface area (Å²) in [6.45, 7) is 5.37. The Labute approximate surface area is 108 Å². The largest absolute Gasteiger partial charge is 0.480 e. The Morgan fingerprint density at radius 2 is 1.72 bits per heavy atom. The molecule has 0 rings (SSSR count). The van der Waals surface area contributed by atoms with Crippen molar-refractivity contribution in [3.63, 3.8) is 0 Å². The molecule has 0 bridgehead atoms. The van der Waals surface area contributed by atoms with Crippen molar-refractivity contribution in [2.24, 2.45) is 5.92 Å². The fourth-order valence-electron chi connectivity index (χ4n) is 1.55. The minimum absolute atomic E-state index is 0.223. The van der Waals surface area contributed by atoms with E-state index >= 15 is 0 Å². The number of hydrogen-bond donors (Lipinski definition) is 1. The number of carboxylic acid groups (broad SMARTS) is 1. The van der Waals surface area contributed by atoms with Crippen molar-refractivity contribution in [1.82, 2.24) is 4.90 Å². The van der Waals surface area contributed by atoms with Crippen LogP contribution in [0.1, 0.15) is 46.0 Å². The minimum atomic E-state index is -1.23. The molecule has 1 N–H and O–H groups in total. The highest BCUT2D eigenvalue weighted by molar-refractivity contribution is 5.83. The van der Waals surface area contributed by atoms with Gasteiger partial charge < -0.3 is 10.0 Å². The lowest BCUT2D eigenvalue weighted by molar-refractivity contribution is -0.144. The molecule has 0 aliphatic carbocycles. The third-order valence-corrected chi connectivity index (χ3v) is 2.75. The molecule has 0 aliphatic rings. The summed E-state index contributed by atoms with van der Waals surface area (Å²) in [5.74, 6) is -2.69. The van der Waals surface area contributed by atoms with Gasteiger partial charge >= 0.3 is 5.97 Å². The average Bonchev–Trinajstić information content (AvgIpc) is 2.35. The lowest BCUT2D eigenvalue weighted by Gasteiger charge is -2.22. The molecule has 0 aromatic carbocycles. The third kappa shape index (κ3) is 6.24. The summed E-state index contributed by atoms with van der Waals surface area (Å²) in [7, 11) is 0. The van der Waals surface area contributed by atoms with Crippen LogP contribution in [-0.2, 0) is 9.59 Å². The van der Waals surface area contributed by atoms with Crippen molar-refractivity contribution < 1.29 is 14.7 Å². The first kappa shape index (κ1) is 16.4. The Kier molecular flexibility index (Phi) is 8.63. The maximum absolute atomic E-state index is 11.9. The van der Waals surface area contributed by atoms with Gasteiger partial charge in [-0.1, -0.05) is 26.7 Å². The summed E-state index contributed by atoms with van der Waals surface area (Å²) in [4.78, 5) is 24.3. The van der Waals surface area contributed by atoms with Gasteiger partial charge in [-0.15, -0.1) is 0 Å². The second-order valence-corrected chi connectivity index (χ2v) is 4.31. The van der Waals surface area contributed by atoms with E-state index in [0.717, 1.165) is 25.7 Å². The van der Waals surface area contributed by atoms with Gasteiger partial charge in [0.25, 0.3) is 0 Å². The number of carbonyl (C=O) groups excluding carboxylic acids is 1.